The van der Waals surface area contributed by atoms with Crippen LogP contribution in [0, 0.1) is 41.2 Å². The summed E-state index contributed by atoms with van der Waals surface area (Å²) in [7, 11) is 0. The van der Waals surface area contributed by atoms with Gasteiger partial charge < -0.3 is 24.1 Å². The Labute approximate surface area is 180 Å². The van der Waals surface area contributed by atoms with E-state index in [-0.39, 0.29) is 23.7 Å². The fraction of sp³-hybridized carbons (Fsp3) is 0.696. The smallest absolute Gasteiger partial charge is 0.341 e. The number of aliphatic carboxylic acids is 1. The van der Waals surface area contributed by atoms with Gasteiger partial charge in [-0.1, -0.05) is 20.3 Å². The molecule has 2 unspecified atom stereocenters. The van der Waals surface area contributed by atoms with Crippen molar-refractivity contribution in [2.75, 3.05) is 6.61 Å². The number of rotatable bonds is 5. The van der Waals surface area contributed by atoms with Crippen molar-refractivity contribution >= 4 is 5.97 Å². The van der Waals surface area contributed by atoms with E-state index in [2.05, 4.69) is 6.92 Å². The quantitative estimate of drug-likeness (QED) is 0.721. The van der Waals surface area contributed by atoms with E-state index < -0.39 is 42.5 Å². The largest absolute Gasteiger partial charge is 0.482 e. The molecule has 1 aromatic carbocycles. The minimum atomic E-state index is -1.24. The van der Waals surface area contributed by atoms with E-state index in [0.29, 0.717) is 17.8 Å². The van der Waals surface area contributed by atoms with Crippen LogP contribution >= 0.6 is 0 Å². The topological polar surface area (TPSA) is 74.2 Å². The number of benzene rings is 1. The highest BCUT2D eigenvalue weighted by Gasteiger charge is 2.53. The number of hydrogen-bond acceptors (Lipinski definition) is 5. The Hall–Kier alpha value is -1.93. The SMILES string of the molecule is CC1CC[C@@H]2C3[C@@H](O1)O[C@H](Oc1c(F)cc(OCC(=O)O)cc1F)[C@H](C)[C@@H]3CC[C@H]2C. The summed E-state index contributed by atoms with van der Waals surface area (Å²) in [4.78, 5) is 10.6. The Balaban J connectivity index is 1.55. The molecular weight excluding hydrogens is 410 g/mol. The van der Waals surface area contributed by atoms with Crippen LogP contribution in [0.4, 0.5) is 8.78 Å². The van der Waals surface area contributed by atoms with Gasteiger partial charge in [0.2, 0.25) is 6.29 Å². The zero-order valence-corrected chi connectivity index (χ0v) is 18.1. The van der Waals surface area contributed by atoms with E-state index in [0.717, 1.165) is 37.8 Å². The van der Waals surface area contributed by atoms with Crippen molar-refractivity contribution in [2.45, 2.75) is 65.1 Å². The third-order valence-electron chi connectivity index (χ3n) is 7.20. The normalized spacial score (nSPS) is 37.5. The van der Waals surface area contributed by atoms with Crippen LogP contribution < -0.4 is 9.47 Å². The summed E-state index contributed by atoms with van der Waals surface area (Å²) < 4.78 is 52.2. The van der Waals surface area contributed by atoms with Crippen LogP contribution in [0.15, 0.2) is 12.1 Å². The average Bonchev–Trinajstić information content (AvgIpc) is 2.87. The summed E-state index contributed by atoms with van der Waals surface area (Å²) in [5.74, 6) is -2.35. The van der Waals surface area contributed by atoms with Gasteiger partial charge in [0.25, 0.3) is 0 Å². The molecule has 1 N–H and O–H groups in total. The van der Waals surface area contributed by atoms with E-state index in [1.165, 1.54) is 0 Å². The molecule has 0 amide bonds. The van der Waals surface area contributed by atoms with E-state index in [4.69, 9.17) is 24.1 Å². The van der Waals surface area contributed by atoms with Crippen LogP contribution in [0.1, 0.15) is 46.5 Å². The van der Waals surface area contributed by atoms with Gasteiger partial charge in [0.05, 0.1) is 6.10 Å². The first-order chi connectivity index (χ1) is 14.7. The molecule has 0 aromatic heterocycles. The highest BCUT2D eigenvalue weighted by molar-refractivity contribution is 5.68. The van der Waals surface area contributed by atoms with Crippen molar-refractivity contribution in [3.63, 3.8) is 0 Å². The van der Waals surface area contributed by atoms with Gasteiger partial charge in [0.15, 0.2) is 30.3 Å². The van der Waals surface area contributed by atoms with Gasteiger partial charge in [-0.2, -0.15) is 0 Å². The first kappa shape index (κ1) is 22.3. The van der Waals surface area contributed by atoms with E-state index in [9.17, 15) is 13.6 Å². The fourth-order valence-electron chi connectivity index (χ4n) is 5.58. The Morgan fingerprint density at radius 2 is 1.74 bits per heavy atom. The monoisotopic (exact) mass is 440 g/mol. The molecule has 2 heterocycles. The predicted molar refractivity (Wildman–Crippen MR) is 107 cm³/mol. The number of carboxylic acids is 1. The fourth-order valence-corrected chi connectivity index (χ4v) is 5.58. The Bertz CT molecular complexity index is 794. The van der Waals surface area contributed by atoms with Crippen molar-refractivity contribution < 1.29 is 37.6 Å². The lowest BCUT2D eigenvalue weighted by Crippen LogP contribution is -2.54. The summed E-state index contributed by atoms with van der Waals surface area (Å²) in [6, 6.07) is 1.83. The van der Waals surface area contributed by atoms with Crippen LogP contribution in [0.5, 0.6) is 11.5 Å². The molecule has 2 saturated heterocycles. The van der Waals surface area contributed by atoms with Crippen LogP contribution in [0.2, 0.25) is 0 Å². The summed E-state index contributed by atoms with van der Waals surface area (Å²) in [6.45, 7) is 5.64. The minimum absolute atomic E-state index is 0.0524. The van der Waals surface area contributed by atoms with Gasteiger partial charge in [-0.15, -0.1) is 0 Å². The van der Waals surface area contributed by atoms with Crippen LogP contribution in [0.3, 0.4) is 0 Å². The molecule has 1 aliphatic carbocycles. The van der Waals surface area contributed by atoms with Crippen molar-refractivity contribution in [3.8, 4) is 11.5 Å². The number of ether oxygens (including phenoxy) is 4. The number of carboxylic acid groups (broad SMARTS) is 1. The Morgan fingerprint density at radius 3 is 2.42 bits per heavy atom. The van der Waals surface area contributed by atoms with Gasteiger partial charge >= 0.3 is 5.97 Å². The Kier molecular flexibility index (Phi) is 6.40. The van der Waals surface area contributed by atoms with Gasteiger partial charge in [-0.3, -0.25) is 0 Å². The molecule has 0 spiro atoms. The molecule has 8 atom stereocenters. The lowest BCUT2D eigenvalue weighted by Gasteiger charge is -2.51. The zero-order valence-electron chi connectivity index (χ0n) is 18.1. The molecular formula is C23H30F2O6. The maximum absolute atomic E-state index is 14.6. The highest BCUT2D eigenvalue weighted by atomic mass is 19.1. The maximum atomic E-state index is 14.6. The molecule has 1 aromatic rings. The lowest BCUT2D eigenvalue weighted by atomic mass is 9.61. The summed E-state index contributed by atoms with van der Waals surface area (Å²) >= 11 is 0. The molecule has 6 nitrogen and oxygen atoms in total. The van der Waals surface area contributed by atoms with E-state index in [1.807, 2.05) is 13.8 Å². The second kappa shape index (κ2) is 8.90. The number of hydrogen-bond donors (Lipinski definition) is 1. The molecule has 0 radical (unpaired) electrons. The molecule has 4 rings (SSSR count). The molecule has 3 fully saturated rings. The number of carbonyl (C=O) groups is 1. The molecule has 172 valence electrons. The van der Waals surface area contributed by atoms with Gasteiger partial charge in [-0.05, 0) is 43.9 Å². The molecule has 3 aliphatic rings. The summed E-state index contributed by atoms with van der Waals surface area (Å²) in [6.07, 6.45) is 2.94. The van der Waals surface area contributed by atoms with Crippen LogP contribution in [-0.4, -0.2) is 36.4 Å². The second-order valence-electron chi connectivity index (χ2n) is 9.23. The third kappa shape index (κ3) is 4.51. The predicted octanol–water partition coefficient (Wildman–Crippen LogP) is 4.60. The zero-order chi connectivity index (χ0) is 22.3. The molecule has 2 aliphatic heterocycles. The van der Waals surface area contributed by atoms with Crippen LogP contribution in [-0.2, 0) is 14.3 Å². The maximum Gasteiger partial charge on any atom is 0.341 e. The van der Waals surface area contributed by atoms with Crippen LogP contribution in [0.25, 0.3) is 0 Å². The van der Waals surface area contributed by atoms with Gasteiger partial charge in [-0.25, -0.2) is 13.6 Å². The summed E-state index contributed by atoms with van der Waals surface area (Å²) in [5, 5.41) is 8.67. The molecule has 31 heavy (non-hydrogen) atoms. The van der Waals surface area contributed by atoms with E-state index in [1.54, 1.807) is 0 Å². The van der Waals surface area contributed by atoms with Gasteiger partial charge in [0.1, 0.15) is 5.75 Å². The van der Waals surface area contributed by atoms with Crippen molar-refractivity contribution in [1.29, 1.82) is 0 Å². The lowest BCUT2D eigenvalue weighted by molar-refractivity contribution is -0.316. The van der Waals surface area contributed by atoms with Crippen molar-refractivity contribution in [3.05, 3.63) is 23.8 Å². The standard InChI is InChI=1S/C23H30F2O6/c1-11-4-6-16-13(3)22(31-23-20(16)15(11)7-5-12(2)29-23)30-21-17(24)8-14(9-18(21)25)28-10-19(26)27/h8-9,11-13,15-16,20,22-23H,4-7,10H2,1-3H3,(H,26,27)/t11-,12?,13-,15+,16+,20?,22+,23+/m1/s1. The molecule has 0 bridgehead atoms. The second-order valence-corrected chi connectivity index (χ2v) is 9.23. The first-order valence-electron chi connectivity index (χ1n) is 11.1. The minimum Gasteiger partial charge on any atom is -0.482 e. The van der Waals surface area contributed by atoms with Gasteiger partial charge in [0, 0.05) is 24.0 Å². The van der Waals surface area contributed by atoms with Crippen molar-refractivity contribution in [2.24, 2.45) is 29.6 Å². The Morgan fingerprint density at radius 1 is 1.06 bits per heavy atom. The molecule has 8 heteroatoms. The van der Waals surface area contributed by atoms with E-state index >= 15 is 0 Å². The van der Waals surface area contributed by atoms with Crippen molar-refractivity contribution in [1.82, 2.24) is 0 Å². The highest BCUT2D eigenvalue weighted by Crippen LogP contribution is 2.52. The average molecular weight is 440 g/mol. The summed E-state index contributed by atoms with van der Waals surface area (Å²) in [5.41, 5.74) is 0. The first-order valence-corrected chi connectivity index (χ1v) is 11.1. The third-order valence-corrected chi connectivity index (χ3v) is 7.20. The molecule has 1 saturated carbocycles. The number of halogens is 2.